The molecule has 0 saturated heterocycles. The predicted molar refractivity (Wildman–Crippen MR) is 137 cm³/mol. The summed E-state index contributed by atoms with van der Waals surface area (Å²) < 4.78 is 40.0. The van der Waals surface area contributed by atoms with Crippen LogP contribution in [-0.2, 0) is 0 Å². The van der Waals surface area contributed by atoms with E-state index < -0.39 is 12.6 Å². The molecule has 1 aliphatic rings. The molecule has 2 aromatic heterocycles. The van der Waals surface area contributed by atoms with Crippen molar-refractivity contribution < 1.29 is 18.0 Å². The van der Waals surface area contributed by atoms with Crippen LogP contribution in [0.1, 0.15) is 40.7 Å². The molecule has 192 valence electrons. The van der Waals surface area contributed by atoms with Gasteiger partial charge < -0.3 is 16.0 Å². The van der Waals surface area contributed by atoms with Crippen molar-refractivity contribution in [2.45, 2.75) is 45.3 Å². The van der Waals surface area contributed by atoms with E-state index in [9.17, 15) is 18.0 Å². The first kappa shape index (κ1) is 24.6. The van der Waals surface area contributed by atoms with Gasteiger partial charge in [-0.3, -0.25) is 4.79 Å². The minimum absolute atomic E-state index is 0.0939. The third-order valence-electron chi connectivity index (χ3n) is 6.16. The normalized spacial score (nSPS) is 13.5. The molecule has 1 amide bonds. The zero-order valence-electron chi connectivity index (χ0n) is 20.5. The molecule has 5 rings (SSSR count). The van der Waals surface area contributed by atoms with Crippen LogP contribution in [0.5, 0.6) is 0 Å². The molecule has 7 nitrogen and oxygen atoms in total. The molecular weight excluding hydrogens is 481 g/mol. The summed E-state index contributed by atoms with van der Waals surface area (Å²) in [6, 6.07) is 15.1. The maximum Gasteiger partial charge on any atom is 0.390 e. The summed E-state index contributed by atoms with van der Waals surface area (Å²) >= 11 is 0. The van der Waals surface area contributed by atoms with Gasteiger partial charge in [0.2, 0.25) is 0 Å². The van der Waals surface area contributed by atoms with Gasteiger partial charge in [0, 0.05) is 35.5 Å². The number of anilines is 3. The van der Waals surface area contributed by atoms with Gasteiger partial charge in [-0.05, 0) is 62.1 Å². The van der Waals surface area contributed by atoms with Gasteiger partial charge >= 0.3 is 6.18 Å². The summed E-state index contributed by atoms with van der Waals surface area (Å²) in [5.41, 5.74) is 5.54. The molecular formula is C27H27F3N6O. The van der Waals surface area contributed by atoms with Crippen molar-refractivity contribution in [2.24, 2.45) is 0 Å². The molecule has 0 radical (unpaired) electrons. The Hall–Kier alpha value is -4.08. The second-order valence-electron chi connectivity index (χ2n) is 9.39. The highest BCUT2D eigenvalue weighted by Crippen LogP contribution is 2.29. The minimum atomic E-state index is -4.27. The van der Waals surface area contributed by atoms with Gasteiger partial charge in [-0.2, -0.15) is 13.2 Å². The number of halogens is 3. The van der Waals surface area contributed by atoms with Crippen LogP contribution in [0.15, 0.2) is 54.7 Å². The topological polar surface area (TPSA) is 83.3 Å². The molecule has 3 N–H and O–H groups in total. The molecule has 0 aliphatic heterocycles. The maximum absolute atomic E-state index is 12.8. The van der Waals surface area contributed by atoms with Crippen molar-refractivity contribution in [1.82, 2.24) is 19.9 Å². The quantitative estimate of drug-likeness (QED) is 0.271. The molecule has 37 heavy (non-hydrogen) atoms. The number of benzene rings is 2. The van der Waals surface area contributed by atoms with Crippen molar-refractivity contribution >= 4 is 28.7 Å². The highest BCUT2D eigenvalue weighted by molar-refractivity contribution is 5.96. The van der Waals surface area contributed by atoms with Crippen LogP contribution in [0.3, 0.4) is 0 Å². The Kier molecular flexibility index (Phi) is 6.49. The van der Waals surface area contributed by atoms with Crippen LogP contribution >= 0.6 is 0 Å². The van der Waals surface area contributed by atoms with Crippen LogP contribution in [0.2, 0.25) is 0 Å². The van der Waals surface area contributed by atoms with E-state index in [2.05, 4.69) is 20.9 Å². The summed E-state index contributed by atoms with van der Waals surface area (Å²) in [5.74, 6) is 0.354. The van der Waals surface area contributed by atoms with Crippen molar-refractivity contribution in [3.05, 3.63) is 71.4 Å². The molecule has 0 spiro atoms. The largest absolute Gasteiger partial charge is 0.390 e. The van der Waals surface area contributed by atoms with Gasteiger partial charge in [0.1, 0.15) is 0 Å². The minimum Gasteiger partial charge on any atom is -0.382 e. The molecule has 4 aromatic rings. The lowest BCUT2D eigenvalue weighted by atomic mass is 10.0. The Morgan fingerprint density at radius 3 is 2.62 bits per heavy atom. The van der Waals surface area contributed by atoms with Crippen LogP contribution in [0.4, 0.5) is 30.4 Å². The maximum atomic E-state index is 12.8. The highest BCUT2D eigenvalue weighted by Gasteiger charge is 2.27. The molecule has 1 fully saturated rings. The van der Waals surface area contributed by atoms with E-state index in [1.54, 1.807) is 22.8 Å². The molecule has 0 bridgehead atoms. The number of hydrogen-bond donors (Lipinski definition) is 3. The lowest BCUT2D eigenvalue weighted by Crippen LogP contribution is -2.26. The number of alkyl halides is 3. The van der Waals surface area contributed by atoms with E-state index in [-0.39, 0.29) is 18.5 Å². The highest BCUT2D eigenvalue weighted by atomic mass is 19.4. The lowest BCUT2D eigenvalue weighted by molar-refractivity contribution is -0.131. The molecule has 0 unspecified atom stereocenters. The summed E-state index contributed by atoms with van der Waals surface area (Å²) in [4.78, 5) is 17.0. The molecule has 2 aromatic carbocycles. The Morgan fingerprint density at radius 2 is 1.92 bits per heavy atom. The van der Waals surface area contributed by atoms with E-state index in [0.29, 0.717) is 28.4 Å². The van der Waals surface area contributed by atoms with Gasteiger partial charge in [0.15, 0.2) is 11.5 Å². The fourth-order valence-corrected chi connectivity index (χ4v) is 4.13. The number of fused-ring (bicyclic) bond motifs is 1. The van der Waals surface area contributed by atoms with E-state index in [1.807, 2.05) is 50.2 Å². The smallest absolute Gasteiger partial charge is 0.382 e. The van der Waals surface area contributed by atoms with Crippen molar-refractivity contribution in [3.8, 4) is 11.3 Å². The fourth-order valence-electron chi connectivity index (χ4n) is 4.13. The number of aromatic nitrogens is 3. The Morgan fingerprint density at radius 1 is 1.11 bits per heavy atom. The number of nitrogens with zero attached hydrogens (tertiary/aromatic N) is 3. The molecule has 2 heterocycles. The number of aryl methyl sites for hydroxylation is 2. The second-order valence-corrected chi connectivity index (χ2v) is 9.39. The first-order valence-corrected chi connectivity index (χ1v) is 12.1. The molecule has 0 atom stereocenters. The van der Waals surface area contributed by atoms with Crippen LogP contribution in [0.25, 0.3) is 16.9 Å². The number of nitrogens with one attached hydrogen (secondary N) is 3. The van der Waals surface area contributed by atoms with E-state index >= 15 is 0 Å². The van der Waals surface area contributed by atoms with Crippen LogP contribution < -0.4 is 16.0 Å². The van der Waals surface area contributed by atoms with Gasteiger partial charge in [0.25, 0.3) is 5.91 Å². The number of carbonyl (C=O) groups excluding carboxylic acids is 1. The van der Waals surface area contributed by atoms with Gasteiger partial charge in [-0.15, -0.1) is 5.10 Å². The third-order valence-corrected chi connectivity index (χ3v) is 6.16. The SMILES string of the molecule is Cc1cccc(Nc2cc(NCCC(F)(F)F)c3ncc(-c4ccc(C(=O)NC5CC5)c(C)c4)n3n2)c1. The molecule has 1 aliphatic carbocycles. The molecule has 10 heteroatoms. The third kappa shape index (κ3) is 5.84. The number of hydrogen-bond acceptors (Lipinski definition) is 5. The van der Waals surface area contributed by atoms with Gasteiger partial charge in [-0.25, -0.2) is 9.50 Å². The van der Waals surface area contributed by atoms with Crippen molar-refractivity contribution in [1.29, 1.82) is 0 Å². The average molecular weight is 509 g/mol. The summed E-state index contributed by atoms with van der Waals surface area (Å²) in [5, 5.41) is 13.8. The summed E-state index contributed by atoms with van der Waals surface area (Å²) in [6.07, 6.45) is -1.60. The van der Waals surface area contributed by atoms with E-state index in [4.69, 9.17) is 5.10 Å². The van der Waals surface area contributed by atoms with Crippen molar-refractivity contribution in [2.75, 3.05) is 17.2 Å². The Bertz CT molecular complexity index is 1460. The van der Waals surface area contributed by atoms with E-state index in [0.717, 1.165) is 35.2 Å². The monoisotopic (exact) mass is 508 g/mol. The lowest BCUT2D eigenvalue weighted by Gasteiger charge is -2.14. The standard InChI is InChI=1S/C27H27F3N6O/c1-16-4-3-5-20(12-16)33-24-14-22(31-11-10-27(28,29)30)25-32-15-23(36(25)35-24)18-6-9-21(17(2)13-18)26(37)34-19-7-8-19/h3-6,9,12-15,19,31H,7-8,10-11H2,1-2H3,(H,33,35)(H,34,37). The predicted octanol–water partition coefficient (Wildman–Crippen LogP) is 6.01. The zero-order chi connectivity index (χ0) is 26.2. The Balaban J connectivity index is 1.51. The van der Waals surface area contributed by atoms with Crippen LogP contribution in [0, 0.1) is 13.8 Å². The van der Waals surface area contributed by atoms with Crippen LogP contribution in [-0.4, -0.2) is 39.3 Å². The fraction of sp³-hybridized carbons (Fsp3) is 0.296. The summed E-state index contributed by atoms with van der Waals surface area (Å²) in [7, 11) is 0. The first-order valence-electron chi connectivity index (χ1n) is 12.1. The van der Waals surface area contributed by atoms with Gasteiger partial charge in [0.05, 0.1) is 24.0 Å². The summed E-state index contributed by atoms with van der Waals surface area (Å²) in [6.45, 7) is 3.55. The molecule has 1 saturated carbocycles. The van der Waals surface area contributed by atoms with Crippen molar-refractivity contribution in [3.63, 3.8) is 0 Å². The number of carbonyl (C=O) groups is 1. The Labute approximate surface area is 212 Å². The van der Waals surface area contributed by atoms with Gasteiger partial charge in [-0.1, -0.05) is 18.2 Å². The number of amides is 1. The first-order chi connectivity index (χ1) is 17.7. The second kappa shape index (κ2) is 9.76. The zero-order valence-corrected chi connectivity index (χ0v) is 20.5. The number of imidazole rings is 1. The van der Waals surface area contributed by atoms with E-state index in [1.165, 1.54) is 0 Å². The average Bonchev–Trinajstić information content (AvgIpc) is 3.53. The number of rotatable bonds is 8.